The lowest BCUT2D eigenvalue weighted by Gasteiger charge is -2.30. The molecule has 4 heterocycles. The molecule has 4 aromatic rings. The molecule has 2 fully saturated rings. The van der Waals surface area contributed by atoms with Gasteiger partial charge in [-0.3, -0.25) is 15.5 Å². The van der Waals surface area contributed by atoms with Crippen LogP contribution < -0.4 is 10.7 Å². The topological polar surface area (TPSA) is 101 Å². The SMILES string of the molecule is CN1C(=Nc2nc(Nc3ccc4[nH]ncc4c3)c3sccc3n2)NN(C2CC2)N1C(F)(F)F. The third-order valence-corrected chi connectivity index (χ3v) is 6.24. The average Bonchev–Trinajstić information content (AvgIpc) is 3.15. The Hall–Kier alpha value is -3.49. The van der Waals surface area contributed by atoms with Crippen molar-refractivity contribution in [3.8, 4) is 0 Å². The summed E-state index contributed by atoms with van der Waals surface area (Å²) in [7, 11) is 1.30. The number of hydrogen-bond acceptors (Lipinski definition) is 8. The Kier molecular flexibility index (Phi) is 4.43. The van der Waals surface area contributed by atoms with Crippen molar-refractivity contribution in [3.63, 3.8) is 0 Å². The number of H-pyrrole nitrogens is 1. The van der Waals surface area contributed by atoms with E-state index in [1.165, 1.54) is 18.4 Å². The number of thiophene rings is 1. The van der Waals surface area contributed by atoms with Crippen molar-refractivity contribution >= 4 is 55.9 Å². The number of fused-ring (bicyclic) bond motifs is 2. The summed E-state index contributed by atoms with van der Waals surface area (Å²) in [6.07, 6.45) is -1.53. The summed E-state index contributed by atoms with van der Waals surface area (Å²) in [5.74, 6) is 0.547. The summed E-state index contributed by atoms with van der Waals surface area (Å²) < 4.78 is 41.7. The van der Waals surface area contributed by atoms with E-state index in [-0.39, 0.29) is 23.1 Å². The molecule has 2 aliphatic rings. The van der Waals surface area contributed by atoms with Crippen LogP contribution in [0.3, 0.4) is 0 Å². The van der Waals surface area contributed by atoms with E-state index in [1.807, 2.05) is 29.6 Å². The Morgan fingerprint density at radius 3 is 2.85 bits per heavy atom. The third-order valence-electron chi connectivity index (χ3n) is 5.33. The molecule has 0 radical (unpaired) electrons. The van der Waals surface area contributed by atoms with Crippen LogP contribution >= 0.6 is 11.3 Å². The largest absolute Gasteiger partial charge is 0.493 e. The molecule has 1 aliphatic heterocycles. The number of nitrogens with one attached hydrogen (secondary N) is 3. The average molecular weight is 474 g/mol. The Morgan fingerprint density at radius 1 is 1.21 bits per heavy atom. The van der Waals surface area contributed by atoms with Crippen LogP contribution in [-0.4, -0.2) is 60.8 Å². The molecule has 33 heavy (non-hydrogen) atoms. The summed E-state index contributed by atoms with van der Waals surface area (Å²) in [5, 5.41) is 15.2. The minimum Gasteiger partial charge on any atom is -0.339 e. The van der Waals surface area contributed by atoms with Gasteiger partial charge in [0, 0.05) is 24.2 Å². The summed E-state index contributed by atoms with van der Waals surface area (Å²) in [4.78, 5) is 13.2. The molecule has 6 rings (SSSR count). The lowest BCUT2D eigenvalue weighted by molar-refractivity contribution is -0.361. The van der Waals surface area contributed by atoms with Crippen LogP contribution in [0.1, 0.15) is 12.8 Å². The van der Waals surface area contributed by atoms with E-state index in [1.54, 1.807) is 6.20 Å². The Morgan fingerprint density at radius 2 is 2.06 bits per heavy atom. The predicted molar refractivity (Wildman–Crippen MR) is 118 cm³/mol. The van der Waals surface area contributed by atoms with Crippen molar-refractivity contribution in [2.45, 2.75) is 25.2 Å². The van der Waals surface area contributed by atoms with Crippen LogP contribution in [0, 0.1) is 0 Å². The number of benzene rings is 1. The maximum Gasteiger partial charge on any atom is 0.493 e. The fourth-order valence-corrected chi connectivity index (χ4v) is 4.42. The van der Waals surface area contributed by atoms with E-state index in [2.05, 4.69) is 35.9 Å². The first-order chi connectivity index (χ1) is 15.9. The minimum absolute atomic E-state index is 0.0143. The second-order valence-electron chi connectivity index (χ2n) is 7.71. The number of halogens is 3. The van der Waals surface area contributed by atoms with Gasteiger partial charge in [0.15, 0.2) is 5.82 Å². The van der Waals surface area contributed by atoms with Crippen LogP contribution in [0.4, 0.5) is 30.6 Å². The minimum atomic E-state index is -4.60. The van der Waals surface area contributed by atoms with Crippen LogP contribution in [0.2, 0.25) is 0 Å². The molecule has 1 aromatic carbocycles. The van der Waals surface area contributed by atoms with Gasteiger partial charge in [0.1, 0.15) is 0 Å². The fourth-order valence-electron chi connectivity index (χ4n) is 3.65. The van der Waals surface area contributed by atoms with Gasteiger partial charge in [-0.05, 0) is 47.6 Å². The van der Waals surface area contributed by atoms with Gasteiger partial charge in [-0.15, -0.1) is 16.5 Å². The van der Waals surface area contributed by atoms with E-state index in [0.717, 1.165) is 31.4 Å². The van der Waals surface area contributed by atoms with Gasteiger partial charge in [-0.25, -0.2) is 4.98 Å². The van der Waals surface area contributed by atoms with Crippen LogP contribution in [-0.2, 0) is 0 Å². The van der Waals surface area contributed by atoms with E-state index >= 15 is 0 Å². The van der Waals surface area contributed by atoms with Crippen molar-refractivity contribution in [2.75, 3.05) is 12.4 Å². The third kappa shape index (κ3) is 3.61. The normalized spacial score (nSPS) is 19.2. The number of rotatable bonds is 4. The van der Waals surface area contributed by atoms with Crippen molar-refractivity contribution in [3.05, 3.63) is 35.8 Å². The highest BCUT2D eigenvalue weighted by molar-refractivity contribution is 7.17. The highest BCUT2D eigenvalue weighted by atomic mass is 32.1. The predicted octanol–water partition coefficient (Wildman–Crippen LogP) is 3.86. The highest BCUT2D eigenvalue weighted by Crippen LogP contribution is 2.36. The van der Waals surface area contributed by atoms with Crippen molar-refractivity contribution in [1.29, 1.82) is 0 Å². The molecule has 0 atom stereocenters. The van der Waals surface area contributed by atoms with Gasteiger partial charge in [-0.2, -0.15) is 28.2 Å². The first-order valence-electron chi connectivity index (χ1n) is 10.1. The number of aromatic amines is 1. The van der Waals surface area contributed by atoms with E-state index in [0.29, 0.717) is 24.2 Å². The molecule has 1 aliphatic carbocycles. The lowest BCUT2D eigenvalue weighted by atomic mass is 10.2. The maximum atomic E-state index is 13.6. The molecule has 1 saturated heterocycles. The fraction of sp³-hybridized carbons (Fsp3) is 0.263. The van der Waals surface area contributed by atoms with Crippen molar-refractivity contribution in [2.24, 2.45) is 4.99 Å². The van der Waals surface area contributed by atoms with Gasteiger partial charge < -0.3 is 5.32 Å². The number of anilines is 2. The monoisotopic (exact) mass is 474 g/mol. The number of alkyl halides is 3. The second kappa shape index (κ2) is 7.26. The first-order valence-corrected chi connectivity index (χ1v) is 11.0. The van der Waals surface area contributed by atoms with Crippen molar-refractivity contribution in [1.82, 2.24) is 40.8 Å². The van der Waals surface area contributed by atoms with Gasteiger partial charge >= 0.3 is 6.30 Å². The van der Waals surface area contributed by atoms with Gasteiger partial charge in [0.05, 0.1) is 21.9 Å². The molecule has 170 valence electrons. The molecule has 14 heteroatoms. The second-order valence-corrected chi connectivity index (χ2v) is 8.62. The molecule has 0 unspecified atom stereocenters. The van der Waals surface area contributed by atoms with Crippen molar-refractivity contribution < 1.29 is 13.2 Å². The summed E-state index contributed by atoms with van der Waals surface area (Å²) >= 11 is 1.46. The number of aromatic nitrogens is 4. The summed E-state index contributed by atoms with van der Waals surface area (Å²) in [6, 6.07) is 7.28. The summed E-state index contributed by atoms with van der Waals surface area (Å²) in [5.41, 5.74) is 5.08. The first kappa shape index (κ1) is 20.1. The molecule has 3 N–H and O–H groups in total. The van der Waals surface area contributed by atoms with Crippen LogP contribution in [0.25, 0.3) is 21.1 Å². The van der Waals surface area contributed by atoms with Gasteiger partial charge in [0.25, 0.3) is 5.95 Å². The number of aliphatic imine (C=N–C) groups is 1. The van der Waals surface area contributed by atoms with Gasteiger partial charge in [0.2, 0.25) is 5.96 Å². The van der Waals surface area contributed by atoms with Gasteiger partial charge in [-0.1, -0.05) is 0 Å². The zero-order valence-corrected chi connectivity index (χ0v) is 17.9. The number of nitrogens with zero attached hydrogens (tertiary/aromatic N) is 7. The van der Waals surface area contributed by atoms with E-state index in [4.69, 9.17) is 0 Å². The quantitative estimate of drug-likeness (QED) is 0.384. The molecule has 0 spiro atoms. The van der Waals surface area contributed by atoms with E-state index < -0.39 is 6.30 Å². The molecule has 1 saturated carbocycles. The smallest absolute Gasteiger partial charge is 0.339 e. The Labute approximate surface area is 188 Å². The maximum absolute atomic E-state index is 13.6. The Bertz CT molecular complexity index is 1380. The zero-order chi connectivity index (χ0) is 22.7. The standard InChI is InChI=1S/C19H17F3N10S/c1-30-18(29-31(12-3-4-12)32(30)19(20,21)22)27-17-25-14-6-7-33-15(14)16(26-17)24-11-2-5-13-10(8-11)9-23-28-13/h2,5-9,12H,3-4H2,1H3,(H,23,28)(H2,24,25,26,27,29). The number of hydrazine groups is 3. The molecule has 10 nitrogen and oxygen atoms in total. The van der Waals surface area contributed by atoms with Crippen LogP contribution in [0.5, 0.6) is 0 Å². The summed E-state index contributed by atoms with van der Waals surface area (Å²) in [6.45, 7) is 0. The number of guanidine groups is 1. The Balaban J connectivity index is 1.36. The molecule has 0 bridgehead atoms. The molecular weight excluding hydrogens is 457 g/mol. The van der Waals surface area contributed by atoms with Crippen LogP contribution in [0.15, 0.2) is 40.8 Å². The molecule has 3 aromatic heterocycles. The zero-order valence-electron chi connectivity index (χ0n) is 17.1. The highest BCUT2D eigenvalue weighted by Gasteiger charge is 2.54. The van der Waals surface area contributed by atoms with E-state index in [9.17, 15) is 13.2 Å². The molecular formula is C19H17F3N10S. The lowest BCUT2D eigenvalue weighted by Crippen LogP contribution is -2.54. The number of hydrogen-bond donors (Lipinski definition) is 3. The molecule has 0 amide bonds.